The van der Waals surface area contributed by atoms with Crippen LogP contribution in [0.25, 0.3) is 11.0 Å². The van der Waals surface area contributed by atoms with E-state index in [2.05, 4.69) is 35.9 Å². The summed E-state index contributed by atoms with van der Waals surface area (Å²) in [6.45, 7) is 1.40. The minimum atomic E-state index is -4.66. The summed E-state index contributed by atoms with van der Waals surface area (Å²) < 4.78 is 44.9. The molecule has 0 saturated heterocycles. The predicted octanol–water partition coefficient (Wildman–Crippen LogP) is 5.07. The van der Waals surface area contributed by atoms with Gasteiger partial charge in [-0.1, -0.05) is 11.6 Å². The number of halogens is 4. The van der Waals surface area contributed by atoms with Gasteiger partial charge in [0, 0.05) is 24.3 Å². The summed E-state index contributed by atoms with van der Waals surface area (Å²) in [5.41, 5.74) is 0.320. The van der Waals surface area contributed by atoms with Crippen LogP contribution in [-0.2, 0) is 6.18 Å². The van der Waals surface area contributed by atoms with Crippen LogP contribution in [0.5, 0.6) is 5.75 Å². The molecule has 0 fully saturated rings. The van der Waals surface area contributed by atoms with Crippen LogP contribution in [0.1, 0.15) is 15.9 Å². The summed E-state index contributed by atoms with van der Waals surface area (Å²) in [7, 11) is 5.04. The van der Waals surface area contributed by atoms with Crippen molar-refractivity contribution in [2.45, 2.75) is 6.18 Å². The van der Waals surface area contributed by atoms with E-state index < -0.39 is 17.6 Å². The smallest absolute Gasteiger partial charge is 0.420 e. The summed E-state index contributed by atoms with van der Waals surface area (Å²) >= 11 is 6.37. The Morgan fingerprint density at radius 3 is 2.62 bits per heavy atom. The molecule has 10 nitrogen and oxygen atoms in total. The molecule has 0 aliphatic rings. The van der Waals surface area contributed by atoms with Crippen molar-refractivity contribution in [1.29, 1.82) is 0 Å². The van der Waals surface area contributed by atoms with Crippen molar-refractivity contribution in [3.8, 4) is 5.75 Å². The Hall–Kier alpha value is -4.23. The van der Waals surface area contributed by atoms with E-state index in [1.165, 1.54) is 30.6 Å². The number of alkyl halides is 3. The van der Waals surface area contributed by atoms with Gasteiger partial charge in [0.2, 0.25) is 5.95 Å². The van der Waals surface area contributed by atoms with Gasteiger partial charge in [0.25, 0.3) is 5.91 Å². The van der Waals surface area contributed by atoms with E-state index in [-0.39, 0.29) is 22.0 Å². The zero-order valence-electron chi connectivity index (χ0n) is 21.1. The molecule has 0 atom stereocenters. The number of rotatable bonds is 9. The first-order valence-electron chi connectivity index (χ1n) is 11.5. The van der Waals surface area contributed by atoms with Gasteiger partial charge in [-0.15, -0.1) is 0 Å². The molecule has 3 N–H and O–H groups in total. The number of benzene rings is 2. The molecule has 39 heavy (non-hydrogen) atoms. The van der Waals surface area contributed by atoms with E-state index >= 15 is 0 Å². The first kappa shape index (κ1) is 27.8. The zero-order valence-corrected chi connectivity index (χ0v) is 21.9. The van der Waals surface area contributed by atoms with E-state index in [1.807, 2.05) is 19.0 Å². The molecule has 4 rings (SSSR count). The number of anilines is 4. The molecule has 4 aromatic rings. The van der Waals surface area contributed by atoms with Gasteiger partial charge in [-0.3, -0.25) is 4.79 Å². The van der Waals surface area contributed by atoms with Crippen LogP contribution in [0, 0.1) is 0 Å². The highest BCUT2D eigenvalue weighted by Gasteiger charge is 2.34. The van der Waals surface area contributed by atoms with E-state index in [4.69, 9.17) is 16.3 Å². The predicted molar refractivity (Wildman–Crippen MR) is 143 cm³/mol. The molecule has 0 radical (unpaired) electrons. The Morgan fingerprint density at radius 1 is 1.10 bits per heavy atom. The Bertz CT molecular complexity index is 1500. The van der Waals surface area contributed by atoms with Crippen molar-refractivity contribution in [2.24, 2.45) is 0 Å². The second kappa shape index (κ2) is 11.7. The molecule has 204 valence electrons. The number of hydrogen-bond donors (Lipinski definition) is 3. The molecule has 0 aliphatic carbocycles. The first-order chi connectivity index (χ1) is 18.5. The van der Waals surface area contributed by atoms with Gasteiger partial charge in [0.05, 0.1) is 29.6 Å². The molecule has 14 heteroatoms. The highest BCUT2D eigenvalue weighted by Crippen LogP contribution is 2.38. The normalized spacial score (nSPS) is 11.5. The number of nitrogens with one attached hydrogen (secondary N) is 3. The molecule has 0 saturated carbocycles. The zero-order chi connectivity index (χ0) is 28.2. The summed E-state index contributed by atoms with van der Waals surface area (Å²) in [6, 6.07) is 7.65. The van der Waals surface area contributed by atoms with Crippen LogP contribution in [-0.4, -0.2) is 65.0 Å². The van der Waals surface area contributed by atoms with E-state index in [1.54, 1.807) is 6.20 Å². The van der Waals surface area contributed by atoms with Gasteiger partial charge in [0.15, 0.2) is 5.82 Å². The Labute approximate surface area is 226 Å². The van der Waals surface area contributed by atoms with Gasteiger partial charge >= 0.3 is 6.18 Å². The third-order valence-corrected chi connectivity index (χ3v) is 5.79. The number of likely N-dealkylation sites (N-methyl/N-ethyl adjacent to an activating group) is 1. The minimum Gasteiger partial charge on any atom is -0.496 e. The molecule has 2 heterocycles. The third-order valence-electron chi connectivity index (χ3n) is 5.46. The van der Waals surface area contributed by atoms with Crippen molar-refractivity contribution in [3.05, 3.63) is 65.1 Å². The van der Waals surface area contributed by atoms with Crippen LogP contribution >= 0.6 is 11.6 Å². The van der Waals surface area contributed by atoms with E-state index in [0.717, 1.165) is 25.8 Å². The number of carbonyl (C=O) groups excluding carboxylic acids is 1. The fourth-order valence-corrected chi connectivity index (χ4v) is 3.69. The standard InChI is InChI=1S/C25H24ClF3N8O2/c1-37(2)9-8-30-24-31-12-19-21(36-24)22(33-13-32-19)35-18-10-14(4-6-17(18)26)23(38)34-15-5-7-20(39-3)16(11-15)25(27,28)29/h4-7,10-13H,8-9H2,1-3H3,(H,34,38)(H,30,31,36)(H,32,33,35). The molecule has 0 spiro atoms. The maximum absolute atomic E-state index is 13.4. The Morgan fingerprint density at radius 2 is 1.90 bits per heavy atom. The molecule has 0 unspecified atom stereocenters. The fraction of sp³-hybridized carbons (Fsp3) is 0.240. The second-order valence-electron chi connectivity index (χ2n) is 8.57. The third kappa shape index (κ3) is 6.81. The number of carbonyl (C=O) groups is 1. The molecule has 0 aliphatic heterocycles. The van der Waals surface area contributed by atoms with Gasteiger partial charge in [-0.25, -0.2) is 19.9 Å². The number of amides is 1. The topological polar surface area (TPSA) is 117 Å². The van der Waals surface area contributed by atoms with Crippen molar-refractivity contribution in [1.82, 2.24) is 24.8 Å². The summed E-state index contributed by atoms with van der Waals surface area (Å²) in [6.07, 6.45) is -1.77. The lowest BCUT2D eigenvalue weighted by Gasteiger charge is -2.15. The molecule has 1 amide bonds. The van der Waals surface area contributed by atoms with Crippen LogP contribution in [0.3, 0.4) is 0 Å². The van der Waals surface area contributed by atoms with Gasteiger partial charge in [-0.05, 0) is 50.5 Å². The van der Waals surface area contributed by atoms with Crippen molar-refractivity contribution in [2.75, 3.05) is 50.2 Å². The number of fused-ring (bicyclic) bond motifs is 1. The second-order valence-corrected chi connectivity index (χ2v) is 8.97. The van der Waals surface area contributed by atoms with E-state index in [0.29, 0.717) is 35.0 Å². The lowest BCUT2D eigenvalue weighted by Crippen LogP contribution is -2.21. The average Bonchev–Trinajstić information content (AvgIpc) is 2.89. The quantitative estimate of drug-likeness (QED) is 0.258. The van der Waals surface area contributed by atoms with Crippen LogP contribution in [0.4, 0.5) is 36.3 Å². The highest BCUT2D eigenvalue weighted by atomic mass is 35.5. The maximum atomic E-state index is 13.4. The minimum absolute atomic E-state index is 0.0506. The molecular weight excluding hydrogens is 537 g/mol. The summed E-state index contributed by atoms with van der Waals surface area (Å²) in [5.74, 6) is -0.285. The number of aromatic nitrogens is 4. The number of methoxy groups -OCH3 is 1. The number of ether oxygens (including phenoxy) is 1. The summed E-state index contributed by atoms with van der Waals surface area (Å²) in [4.78, 5) is 32.1. The lowest BCUT2D eigenvalue weighted by atomic mass is 10.1. The van der Waals surface area contributed by atoms with Crippen LogP contribution in [0.2, 0.25) is 5.02 Å². The fourth-order valence-electron chi connectivity index (χ4n) is 3.52. The molecule has 2 aromatic heterocycles. The molecule has 2 aromatic carbocycles. The summed E-state index contributed by atoms with van der Waals surface area (Å²) in [5, 5.41) is 8.95. The highest BCUT2D eigenvalue weighted by molar-refractivity contribution is 6.33. The number of hydrogen-bond acceptors (Lipinski definition) is 9. The van der Waals surface area contributed by atoms with Crippen LogP contribution < -0.4 is 20.7 Å². The Kier molecular flexibility index (Phi) is 8.31. The average molecular weight is 561 g/mol. The largest absolute Gasteiger partial charge is 0.496 e. The van der Waals surface area contributed by atoms with Crippen molar-refractivity contribution >= 4 is 51.7 Å². The van der Waals surface area contributed by atoms with Gasteiger partial charge < -0.3 is 25.6 Å². The monoisotopic (exact) mass is 560 g/mol. The molecular formula is C25H24ClF3N8O2. The molecule has 0 bridgehead atoms. The maximum Gasteiger partial charge on any atom is 0.420 e. The van der Waals surface area contributed by atoms with Gasteiger partial charge in [0.1, 0.15) is 23.1 Å². The lowest BCUT2D eigenvalue weighted by molar-refractivity contribution is -0.138. The first-order valence-corrected chi connectivity index (χ1v) is 11.9. The number of nitrogens with zero attached hydrogens (tertiary/aromatic N) is 5. The van der Waals surface area contributed by atoms with E-state index in [9.17, 15) is 18.0 Å². The van der Waals surface area contributed by atoms with Crippen molar-refractivity contribution < 1.29 is 22.7 Å². The van der Waals surface area contributed by atoms with Gasteiger partial charge in [-0.2, -0.15) is 13.2 Å². The Balaban J connectivity index is 1.57. The van der Waals surface area contributed by atoms with Crippen LogP contribution in [0.15, 0.2) is 48.9 Å². The van der Waals surface area contributed by atoms with Crippen molar-refractivity contribution in [3.63, 3.8) is 0 Å². The SMILES string of the molecule is COc1ccc(NC(=O)c2ccc(Cl)c(Nc3ncnc4cnc(NCCN(C)C)nc34)c2)cc1C(F)(F)F.